The highest BCUT2D eigenvalue weighted by molar-refractivity contribution is 6.12. The van der Waals surface area contributed by atoms with Crippen LogP contribution in [0.5, 0.6) is 0 Å². The van der Waals surface area contributed by atoms with Crippen LogP contribution >= 0.6 is 0 Å². The maximum Gasteiger partial charge on any atom is 0.253 e. The van der Waals surface area contributed by atoms with Gasteiger partial charge in [0.05, 0.1) is 0 Å². The molecule has 0 radical (unpaired) electrons. The van der Waals surface area contributed by atoms with Gasteiger partial charge in [0, 0.05) is 25.1 Å². The quantitative estimate of drug-likeness (QED) is 0.351. The monoisotopic (exact) mass is 198 g/mol. The van der Waals surface area contributed by atoms with Crippen molar-refractivity contribution in [2.75, 3.05) is 6.54 Å². The molecule has 0 unspecified atom stereocenters. The van der Waals surface area contributed by atoms with Gasteiger partial charge in [-0.25, -0.2) is 5.48 Å². The number of rotatable bonds is 4. The van der Waals surface area contributed by atoms with Crippen molar-refractivity contribution in [3.05, 3.63) is 12.2 Å². The number of amides is 3. The van der Waals surface area contributed by atoms with Crippen LogP contribution in [-0.4, -0.2) is 34.4 Å². The lowest BCUT2D eigenvalue weighted by molar-refractivity contribution is -0.137. The Bertz CT molecular complexity index is 280. The lowest BCUT2D eigenvalue weighted by Crippen LogP contribution is -2.31. The molecule has 0 aromatic rings. The van der Waals surface area contributed by atoms with E-state index in [0.29, 0.717) is 6.42 Å². The summed E-state index contributed by atoms with van der Waals surface area (Å²) in [6.45, 7) is 0.193. The van der Waals surface area contributed by atoms with E-state index >= 15 is 0 Å². The first-order valence-corrected chi connectivity index (χ1v) is 4.11. The first-order valence-electron chi connectivity index (χ1n) is 4.11. The van der Waals surface area contributed by atoms with E-state index in [1.165, 1.54) is 17.6 Å². The second-order valence-electron chi connectivity index (χ2n) is 2.80. The second-order valence-corrected chi connectivity index (χ2v) is 2.80. The van der Waals surface area contributed by atoms with Crippen molar-refractivity contribution in [2.45, 2.75) is 12.8 Å². The number of nitrogens with one attached hydrogen (secondary N) is 1. The minimum absolute atomic E-state index is 0.0769. The molecule has 0 bridgehead atoms. The van der Waals surface area contributed by atoms with E-state index in [-0.39, 0.29) is 24.8 Å². The minimum Gasteiger partial charge on any atom is -0.289 e. The van der Waals surface area contributed by atoms with Crippen LogP contribution in [0.2, 0.25) is 0 Å². The van der Waals surface area contributed by atoms with Gasteiger partial charge in [0.1, 0.15) is 0 Å². The molecule has 0 fully saturated rings. The lowest BCUT2D eigenvalue weighted by Gasteiger charge is -2.12. The van der Waals surface area contributed by atoms with Gasteiger partial charge < -0.3 is 0 Å². The molecule has 6 heteroatoms. The Hall–Kier alpha value is -1.69. The van der Waals surface area contributed by atoms with Crippen molar-refractivity contribution >= 4 is 17.7 Å². The van der Waals surface area contributed by atoms with E-state index in [0.717, 1.165) is 4.90 Å². The third-order valence-electron chi connectivity index (χ3n) is 1.81. The summed E-state index contributed by atoms with van der Waals surface area (Å²) >= 11 is 0. The molecule has 0 saturated heterocycles. The number of hydrogen-bond donors (Lipinski definition) is 2. The average molecular weight is 198 g/mol. The average Bonchev–Trinajstić information content (AvgIpc) is 2.48. The van der Waals surface area contributed by atoms with E-state index < -0.39 is 5.91 Å². The maximum absolute atomic E-state index is 11.0. The van der Waals surface area contributed by atoms with Crippen molar-refractivity contribution in [1.29, 1.82) is 0 Å². The Balaban J connectivity index is 2.29. The first-order chi connectivity index (χ1) is 6.65. The third-order valence-corrected chi connectivity index (χ3v) is 1.81. The second kappa shape index (κ2) is 4.52. The Kier molecular flexibility index (Phi) is 3.35. The Morgan fingerprint density at radius 2 is 1.93 bits per heavy atom. The van der Waals surface area contributed by atoms with Gasteiger partial charge in [-0.05, 0) is 6.42 Å². The number of imide groups is 1. The predicted octanol–water partition coefficient (Wildman–Crippen LogP) is -0.803. The Morgan fingerprint density at radius 3 is 2.43 bits per heavy atom. The molecular formula is C8H10N2O4. The molecular weight excluding hydrogens is 188 g/mol. The van der Waals surface area contributed by atoms with Crippen LogP contribution in [-0.2, 0) is 14.4 Å². The van der Waals surface area contributed by atoms with Crippen molar-refractivity contribution < 1.29 is 19.6 Å². The van der Waals surface area contributed by atoms with Crippen LogP contribution in [0.3, 0.4) is 0 Å². The van der Waals surface area contributed by atoms with Crippen molar-refractivity contribution in [2.24, 2.45) is 0 Å². The molecule has 0 aliphatic carbocycles. The molecule has 0 saturated carbocycles. The number of carbonyl (C=O) groups excluding carboxylic acids is 3. The van der Waals surface area contributed by atoms with Crippen molar-refractivity contribution in [3.63, 3.8) is 0 Å². The SMILES string of the molecule is O=C(CCCN1C(=O)C=CC1=O)NO. The number of carbonyl (C=O) groups is 3. The zero-order valence-electron chi connectivity index (χ0n) is 7.40. The van der Waals surface area contributed by atoms with Gasteiger partial charge in [-0.2, -0.15) is 0 Å². The molecule has 0 aromatic heterocycles. The molecule has 1 rings (SSSR count). The number of hydroxylamine groups is 1. The fraction of sp³-hybridized carbons (Fsp3) is 0.375. The van der Waals surface area contributed by atoms with Crippen LogP contribution in [0.4, 0.5) is 0 Å². The van der Waals surface area contributed by atoms with E-state index in [9.17, 15) is 14.4 Å². The van der Waals surface area contributed by atoms with E-state index in [1.54, 1.807) is 0 Å². The molecule has 0 spiro atoms. The molecule has 1 heterocycles. The summed E-state index contributed by atoms with van der Waals surface area (Å²) in [5.74, 6) is -1.25. The van der Waals surface area contributed by atoms with Gasteiger partial charge in [0.2, 0.25) is 5.91 Å². The highest BCUT2D eigenvalue weighted by Gasteiger charge is 2.22. The summed E-state index contributed by atoms with van der Waals surface area (Å²) < 4.78 is 0. The summed E-state index contributed by atoms with van der Waals surface area (Å²) in [6.07, 6.45) is 2.79. The fourth-order valence-electron chi connectivity index (χ4n) is 1.11. The molecule has 14 heavy (non-hydrogen) atoms. The molecule has 76 valence electrons. The normalized spacial score (nSPS) is 15.1. The topological polar surface area (TPSA) is 86.7 Å². The predicted molar refractivity (Wildman–Crippen MR) is 45.0 cm³/mol. The van der Waals surface area contributed by atoms with Gasteiger partial charge >= 0.3 is 0 Å². The highest BCUT2D eigenvalue weighted by atomic mass is 16.5. The molecule has 0 aromatic carbocycles. The zero-order valence-corrected chi connectivity index (χ0v) is 7.40. The summed E-state index contributed by atoms with van der Waals surface area (Å²) in [6, 6.07) is 0. The Morgan fingerprint density at radius 1 is 1.36 bits per heavy atom. The van der Waals surface area contributed by atoms with E-state index in [4.69, 9.17) is 5.21 Å². The smallest absolute Gasteiger partial charge is 0.253 e. The van der Waals surface area contributed by atoms with Crippen LogP contribution in [0.25, 0.3) is 0 Å². The van der Waals surface area contributed by atoms with E-state index in [2.05, 4.69) is 0 Å². The van der Waals surface area contributed by atoms with Gasteiger partial charge in [-0.1, -0.05) is 0 Å². The number of hydrogen-bond acceptors (Lipinski definition) is 4. The van der Waals surface area contributed by atoms with E-state index in [1.807, 2.05) is 0 Å². The van der Waals surface area contributed by atoms with Gasteiger partial charge in [-0.15, -0.1) is 0 Å². The standard InChI is InChI=1S/C8H10N2O4/c11-6(9-14)2-1-5-10-7(12)3-4-8(10)13/h3-4,14H,1-2,5H2,(H,9,11). The summed E-state index contributed by atoms with van der Waals surface area (Å²) in [5.41, 5.74) is 1.47. The largest absolute Gasteiger partial charge is 0.289 e. The number of nitrogens with zero attached hydrogens (tertiary/aromatic N) is 1. The van der Waals surface area contributed by atoms with Gasteiger partial charge in [0.15, 0.2) is 0 Å². The lowest BCUT2D eigenvalue weighted by atomic mass is 10.3. The summed E-state index contributed by atoms with van der Waals surface area (Å²) in [7, 11) is 0. The first kappa shape index (κ1) is 10.4. The molecule has 1 aliphatic rings. The minimum atomic E-state index is -0.531. The molecule has 2 N–H and O–H groups in total. The molecule has 0 atom stereocenters. The summed E-state index contributed by atoms with van der Waals surface area (Å²) in [4.78, 5) is 33.6. The molecule has 3 amide bonds. The zero-order chi connectivity index (χ0) is 10.6. The fourth-order valence-corrected chi connectivity index (χ4v) is 1.11. The van der Waals surface area contributed by atoms with Crippen LogP contribution in [0.1, 0.15) is 12.8 Å². The van der Waals surface area contributed by atoms with Crippen LogP contribution in [0.15, 0.2) is 12.2 Å². The maximum atomic E-state index is 11.0. The van der Waals surface area contributed by atoms with Crippen molar-refractivity contribution in [3.8, 4) is 0 Å². The summed E-state index contributed by atoms with van der Waals surface area (Å²) in [5, 5.41) is 8.17. The van der Waals surface area contributed by atoms with Gasteiger partial charge in [0.25, 0.3) is 11.8 Å². The van der Waals surface area contributed by atoms with Crippen LogP contribution < -0.4 is 5.48 Å². The van der Waals surface area contributed by atoms with Gasteiger partial charge in [-0.3, -0.25) is 24.5 Å². The third kappa shape index (κ3) is 2.40. The Labute approximate surface area is 80.1 Å². The highest BCUT2D eigenvalue weighted by Crippen LogP contribution is 2.05. The van der Waals surface area contributed by atoms with Crippen molar-refractivity contribution in [1.82, 2.24) is 10.4 Å². The van der Waals surface area contributed by atoms with Crippen LogP contribution in [0, 0.1) is 0 Å². The molecule has 1 aliphatic heterocycles. The molecule has 6 nitrogen and oxygen atoms in total.